The largest absolute Gasteiger partial charge is 0.462 e. The molecule has 3 aromatic rings. The lowest BCUT2D eigenvalue weighted by Gasteiger charge is -2.22. The monoisotopic (exact) mass is 502 g/mol. The maximum Gasteiger partial charge on any atom is 0.339 e. The van der Waals surface area contributed by atoms with Crippen molar-refractivity contribution in [2.45, 2.75) is 65.8 Å². The third-order valence-corrected chi connectivity index (χ3v) is 5.38. The SMILES string of the molecule is CC(C)OC(=O)/C(=C\c1ccc2ccccc2c1)c1ccccc1C(C(=O)OC(C)C)C(=O)OC(C)C. The van der Waals surface area contributed by atoms with Gasteiger partial charge in [0.1, 0.15) is 0 Å². The Morgan fingerprint density at radius 2 is 1.19 bits per heavy atom. The number of hydrogen-bond acceptors (Lipinski definition) is 6. The number of fused-ring (bicyclic) bond motifs is 1. The second kappa shape index (κ2) is 12.3. The summed E-state index contributed by atoms with van der Waals surface area (Å²) in [4.78, 5) is 39.7. The summed E-state index contributed by atoms with van der Waals surface area (Å²) in [5.74, 6) is -3.41. The Morgan fingerprint density at radius 1 is 0.649 bits per heavy atom. The maximum atomic E-state index is 13.4. The Balaban J connectivity index is 2.20. The molecule has 0 amide bonds. The summed E-state index contributed by atoms with van der Waals surface area (Å²) in [5.41, 5.74) is 1.70. The van der Waals surface area contributed by atoms with E-state index in [0.717, 1.165) is 16.3 Å². The second-order valence-corrected chi connectivity index (χ2v) is 9.61. The summed E-state index contributed by atoms with van der Waals surface area (Å²) in [5, 5.41) is 2.08. The standard InChI is InChI=1S/C31H34O6/c1-19(2)35-29(32)27(18-22-15-16-23-11-7-8-12-24(23)17-22)25-13-9-10-14-26(25)28(30(33)36-20(3)4)31(34)37-21(5)6/h7-21,28H,1-6H3/b27-18-. The molecule has 3 rings (SSSR count). The van der Waals surface area contributed by atoms with Gasteiger partial charge in [-0.1, -0.05) is 60.7 Å². The summed E-state index contributed by atoms with van der Waals surface area (Å²) in [6.07, 6.45) is 0.474. The van der Waals surface area contributed by atoms with Crippen LogP contribution in [0.1, 0.15) is 64.2 Å². The van der Waals surface area contributed by atoms with Crippen LogP contribution in [0, 0.1) is 0 Å². The molecule has 0 spiro atoms. The Kier molecular flexibility index (Phi) is 9.23. The first-order valence-corrected chi connectivity index (χ1v) is 12.5. The summed E-state index contributed by atoms with van der Waals surface area (Å²) < 4.78 is 16.4. The molecule has 0 heterocycles. The lowest BCUT2D eigenvalue weighted by molar-refractivity contribution is -0.161. The minimum atomic E-state index is -1.37. The van der Waals surface area contributed by atoms with Crippen molar-refractivity contribution < 1.29 is 28.6 Å². The number of carbonyl (C=O) groups is 3. The van der Waals surface area contributed by atoms with Gasteiger partial charge in [-0.05, 0) is 81.1 Å². The van der Waals surface area contributed by atoms with Gasteiger partial charge in [0.2, 0.25) is 0 Å². The van der Waals surface area contributed by atoms with Gasteiger partial charge in [0.25, 0.3) is 0 Å². The molecule has 37 heavy (non-hydrogen) atoms. The van der Waals surface area contributed by atoms with Gasteiger partial charge in [-0.2, -0.15) is 0 Å². The van der Waals surface area contributed by atoms with E-state index in [1.165, 1.54) is 0 Å². The fourth-order valence-corrected chi connectivity index (χ4v) is 3.93. The van der Waals surface area contributed by atoms with Crippen molar-refractivity contribution >= 4 is 40.3 Å². The molecule has 0 aliphatic carbocycles. The van der Waals surface area contributed by atoms with E-state index in [4.69, 9.17) is 14.2 Å². The zero-order chi connectivity index (χ0) is 27.1. The molecule has 3 aromatic carbocycles. The molecule has 6 nitrogen and oxygen atoms in total. The van der Waals surface area contributed by atoms with Gasteiger partial charge in [0, 0.05) is 0 Å². The molecule has 0 saturated heterocycles. The van der Waals surface area contributed by atoms with Crippen molar-refractivity contribution in [2.75, 3.05) is 0 Å². The van der Waals surface area contributed by atoms with Crippen LogP contribution in [0.5, 0.6) is 0 Å². The van der Waals surface area contributed by atoms with Gasteiger partial charge in [-0.3, -0.25) is 9.59 Å². The van der Waals surface area contributed by atoms with E-state index >= 15 is 0 Å². The number of carbonyl (C=O) groups excluding carboxylic acids is 3. The van der Waals surface area contributed by atoms with Crippen LogP contribution in [0.3, 0.4) is 0 Å². The Hall–Kier alpha value is -3.93. The summed E-state index contributed by atoms with van der Waals surface area (Å²) in [6.45, 7) is 10.4. The van der Waals surface area contributed by atoms with Crippen LogP contribution in [-0.4, -0.2) is 36.2 Å². The predicted molar refractivity (Wildman–Crippen MR) is 145 cm³/mol. The third-order valence-electron chi connectivity index (χ3n) is 5.38. The zero-order valence-electron chi connectivity index (χ0n) is 22.2. The van der Waals surface area contributed by atoms with Crippen molar-refractivity contribution in [1.29, 1.82) is 0 Å². The van der Waals surface area contributed by atoms with Crippen LogP contribution in [-0.2, 0) is 28.6 Å². The highest BCUT2D eigenvalue weighted by atomic mass is 16.6. The molecule has 0 radical (unpaired) electrons. The summed E-state index contributed by atoms with van der Waals surface area (Å²) in [6, 6.07) is 20.6. The van der Waals surface area contributed by atoms with E-state index < -0.39 is 36.0 Å². The van der Waals surface area contributed by atoms with Crippen LogP contribution in [0.4, 0.5) is 0 Å². The van der Waals surface area contributed by atoms with Crippen LogP contribution >= 0.6 is 0 Å². The lowest BCUT2D eigenvalue weighted by Crippen LogP contribution is -2.30. The van der Waals surface area contributed by atoms with Crippen LogP contribution in [0.25, 0.3) is 22.4 Å². The van der Waals surface area contributed by atoms with Crippen molar-refractivity contribution in [1.82, 2.24) is 0 Å². The molecule has 0 atom stereocenters. The molecule has 194 valence electrons. The number of rotatable bonds is 9. The quantitative estimate of drug-likeness (QED) is 0.112. The normalized spacial score (nSPS) is 11.9. The molecule has 0 saturated carbocycles. The summed E-state index contributed by atoms with van der Waals surface area (Å²) >= 11 is 0. The first-order valence-electron chi connectivity index (χ1n) is 12.5. The molecule has 0 fully saturated rings. The van der Waals surface area contributed by atoms with Gasteiger partial charge in [-0.15, -0.1) is 0 Å². The number of hydrogen-bond donors (Lipinski definition) is 0. The highest BCUT2D eigenvalue weighted by Crippen LogP contribution is 2.32. The average Bonchev–Trinajstić information content (AvgIpc) is 2.81. The maximum absolute atomic E-state index is 13.4. The highest BCUT2D eigenvalue weighted by Gasteiger charge is 2.36. The molecule has 0 aliphatic heterocycles. The third kappa shape index (κ3) is 7.29. The molecule has 0 N–H and O–H groups in total. The Labute approximate surface area is 218 Å². The van der Waals surface area contributed by atoms with E-state index in [1.807, 2.05) is 42.5 Å². The van der Waals surface area contributed by atoms with E-state index in [9.17, 15) is 14.4 Å². The van der Waals surface area contributed by atoms with Crippen LogP contribution in [0.15, 0.2) is 66.7 Å². The molecule has 0 aromatic heterocycles. The van der Waals surface area contributed by atoms with Gasteiger partial charge in [0.05, 0.1) is 23.9 Å². The highest BCUT2D eigenvalue weighted by molar-refractivity contribution is 6.23. The Morgan fingerprint density at radius 3 is 1.78 bits per heavy atom. The van der Waals surface area contributed by atoms with E-state index in [-0.39, 0.29) is 11.7 Å². The first-order chi connectivity index (χ1) is 17.6. The molecule has 6 heteroatoms. The fourth-order valence-electron chi connectivity index (χ4n) is 3.93. The molecule has 0 aliphatic rings. The predicted octanol–water partition coefficient (Wildman–Crippen LogP) is 6.32. The number of benzene rings is 3. The fraction of sp³-hybridized carbons (Fsp3) is 0.323. The van der Waals surface area contributed by atoms with Crippen LogP contribution < -0.4 is 0 Å². The zero-order valence-corrected chi connectivity index (χ0v) is 22.2. The topological polar surface area (TPSA) is 78.9 Å². The van der Waals surface area contributed by atoms with Gasteiger partial charge >= 0.3 is 17.9 Å². The number of ether oxygens (including phenoxy) is 3. The second-order valence-electron chi connectivity index (χ2n) is 9.61. The van der Waals surface area contributed by atoms with E-state index in [1.54, 1.807) is 71.9 Å². The molecular formula is C31H34O6. The van der Waals surface area contributed by atoms with E-state index in [0.29, 0.717) is 11.1 Å². The molecular weight excluding hydrogens is 468 g/mol. The number of esters is 3. The average molecular weight is 503 g/mol. The lowest BCUT2D eigenvalue weighted by atomic mass is 9.89. The van der Waals surface area contributed by atoms with Crippen molar-refractivity contribution in [3.63, 3.8) is 0 Å². The smallest absolute Gasteiger partial charge is 0.339 e. The Bertz CT molecular complexity index is 1280. The van der Waals surface area contributed by atoms with E-state index in [2.05, 4.69) is 0 Å². The van der Waals surface area contributed by atoms with Gasteiger partial charge < -0.3 is 14.2 Å². The van der Waals surface area contributed by atoms with Gasteiger partial charge in [-0.25, -0.2) is 4.79 Å². The minimum absolute atomic E-state index is 0.222. The molecule has 0 bridgehead atoms. The van der Waals surface area contributed by atoms with Crippen molar-refractivity contribution in [3.05, 3.63) is 83.4 Å². The molecule has 0 unspecified atom stereocenters. The van der Waals surface area contributed by atoms with Crippen molar-refractivity contribution in [3.8, 4) is 0 Å². The first kappa shape index (κ1) is 27.7. The van der Waals surface area contributed by atoms with Crippen molar-refractivity contribution in [2.24, 2.45) is 0 Å². The summed E-state index contributed by atoms with van der Waals surface area (Å²) in [7, 11) is 0. The van der Waals surface area contributed by atoms with Crippen LogP contribution in [0.2, 0.25) is 0 Å². The van der Waals surface area contributed by atoms with Gasteiger partial charge in [0.15, 0.2) is 5.92 Å². The minimum Gasteiger partial charge on any atom is -0.462 e.